The molecular formula is C15H15BrF2N4O4. The molecule has 0 aliphatic rings. The third-order valence-corrected chi connectivity index (χ3v) is 3.69. The molecule has 140 valence electrons. The van der Waals surface area contributed by atoms with E-state index in [0.717, 1.165) is 6.07 Å². The van der Waals surface area contributed by atoms with E-state index in [-0.39, 0.29) is 22.5 Å². The largest absolute Gasteiger partial charge is 0.394 e. The minimum atomic E-state index is -1.30. The fourth-order valence-corrected chi connectivity index (χ4v) is 2.20. The molecular weight excluding hydrogens is 418 g/mol. The standard InChI is InChI=1S/C15H15BrF2N4O4/c1-7-2-3-11(21-20-7)19-14-9(4-10(16)12(17)13(14)18)15(25)22-26-6-8(24)5-23/h2-4,8,23-24H,5-6H2,1H3,(H,19,21)(H,22,25). The van der Waals surface area contributed by atoms with Gasteiger partial charge in [-0.05, 0) is 41.1 Å². The lowest BCUT2D eigenvalue weighted by molar-refractivity contribution is -0.0295. The summed E-state index contributed by atoms with van der Waals surface area (Å²) < 4.78 is 28.0. The Bertz CT molecular complexity index is 792. The number of rotatable bonds is 7. The van der Waals surface area contributed by atoms with E-state index in [0.29, 0.717) is 5.69 Å². The van der Waals surface area contributed by atoms with E-state index in [1.165, 1.54) is 6.07 Å². The average molecular weight is 433 g/mol. The van der Waals surface area contributed by atoms with Gasteiger partial charge in [-0.25, -0.2) is 14.3 Å². The number of anilines is 2. The smallest absolute Gasteiger partial charge is 0.277 e. The van der Waals surface area contributed by atoms with Gasteiger partial charge in [-0.1, -0.05) is 0 Å². The number of nitrogens with zero attached hydrogens (tertiary/aromatic N) is 2. The highest BCUT2D eigenvalue weighted by Crippen LogP contribution is 2.30. The Morgan fingerprint density at radius 2 is 2.08 bits per heavy atom. The van der Waals surface area contributed by atoms with Gasteiger partial charge in [0, 0.05) is 0 Å². The molecule has 1 atom stereocenters. The summed E-state index contributed by atoms with van der Waals surface area (Å²) in [6.07, 6.45) is -1.20. The first-order valence-corrected chi connectivity index (χ1v) is 8.08. The number of aryl methyl sites for hydroxylation is 1. The maximum atomic E-state index is 14.3. The van der Waals surface area contributed by atoms with Crippen LogP contribution in [0.4, 0.5) is 20.3 Å². The quantitative estimate of drug-likeness (QED) is 0.387. The van der Waals surface area contributed by atoms with E-state index in [9.17, 15) is 13.6 Å². The number of hydroxylamine groups is 1. The Balaban J connectivity index is 2.29. The number of carbonyl (C=O) groups excluding carboxylic acids is 1. The van der Waals surface area contributed by atoms with Gasteiger partial charge in [0.2, 0.25) is 0 Å². The number of hydrogen-bond donors (Lipinski definition) is 4. The van der Waals surface area contributed by atoms with E-state index >= 15 is 0 Å². The van der Waals surface area contributed by atoms with Crippen LogP contribution >= 0.6 is 15.9 Å². The van der Waals surface area contributed by atoms with Crippen LogP contribution in [0.25, 0.3) is 0 Å². The number of carbonyl (C=O) groups is 1. The molecule has 0 saturated carbocycles. The van der Waals surface area contributed by atoms with Gasteiger partial charge < -0.3 is 15.5 Å². The first-order chi connectivity index (χ1) is 12.3. The van der Waals surface area contributed by atoms with Crippen LogP contribution < -0.4 is 10.8 Å². The van der Waals surface area contributed by atoms with Crippen LogP contribution in [0.5, 0.6) is 0 Å². The topological polar surface area (TPSA) is 117 Å². The van der Waals surface area contributed by atoms with E-state index in [1.807, 2.05) is 5.48 Å². The second kappa shape index (κ2) is 8.94. The summed E-state index contributed by atoms with van der Waals surface area (Å²) >= 11 is 2.83. The number of hydrogen-bond acceptors (Lipinski definition) is 7. The summed E-state index contributed by atoms with van der Waals surface area (Å²) in [6.45, 7) is 0.748. The molecule has 1 aromatic carbocycles. The molecule has 0 saturated heterocycles. The van der Waals surface area contributed by atoms with Gasteiger partial charge in [-0.15, -0.1) is 5.10 Å². The molecule has 2 aromatic rings. The molecule has 8 nitrogen and oxygen atoms in total. The van der Waals surface area contributed by atoms with Gasteiger partial charge in [0.25, 0.3) is 5.91 Å². The Kier molecular flexibility index (Phi) is 6.91. The second-order valence-electron chi connectivity index (χ2n) is 5.17. The average Bonchev–Trinajstić information content (AvgIpc) is 2.63. The van der Waals surface area contributed by atoms with Crippen molar-refractivity contribution in [1.29, 1.82) is 0 Å². The van der Waals surface area contributed by atoms with Crippen LogP contribution in [0.3, 0.4) is 0 Å². The summed E-state index contributed by atoms with van der Waals surface area (Å²) in [4.78, 5) is 17.0. The van der Waals surface area contributed by atoms with Crippen LogP contribution in [-0.2, 0) is 4.84 Å². The number of benzene rings is 1. The van der Waals surface area contributed by atoms with Crippen molar-refractivity contribution in [3.8, 4) is 0 Å². The number of aliphatic hydroxyl groups excluding tert-OH is 2. The van der Waals surface area contributed by atoms with Gasteiger partial charge >= 0.3 is 0 Å². The molecule has 0 radical (unpaired) electrons. The van der Waals surface area contributed by atoms with Crippen molar-refractivity contribution >= 4 is 33.3 Å². The molecule has 11 heteroatoms. The van der Waals surface area contributed by atoms with Crippen LogP contribution in [0, 0.1) is 18.6 Å². The highest BCUT2D eigenvalue weighted by Gasteiger charge is 2.23. The lowest BCUT2D eigenvalue weighted by Crippen LogP contribution is -2.30. The molecule has 1 unspecified atom stereocenters. The fraction of sp³-hybridized carbons (Fsp3) is 0.267. The van der Waals surface area contributed by atoms with E-state index in [4.69, 9.17) is 15.1 Å². The summed E-state index contributed by atoms with van der Waals surface area (Å²) in [6, 6.07) is 4.14. The molecule has 0 spiro atoms. The molecule has 1 heterocycles. The number of aromatic nitrogens is 2. The summed E-state index contributed by atoms with van der Waals surface area (Å²) in [5, 5.41) is 27.9. The van der Waals surface area contributed by atoms with Crippen LogP contribution in [0.2, 0.25) is 0 Å². The van der Waals surface area contributed by atoms with Crippen molar-refractivity contribution < 1.29 is 28.6 Å². The number of halogens is 3. The zero-order chi connectivity index (χ0) is 19.3. The first-order valence-electron chi connectivity index (χ1n) is 7.29. The first kappa shape index (κ1) is 20.1. The molecule has 26 heavy (non-hydrogen) atoms. The van der Waals surface area contributed by atoms with Gasteiger partial charge in [0.1, 0.15) is 12.7 Å². The third-order valence-electron chi connectivity index (χ3n) is 3.11. The Hall–Kier alpha value is -2.21. The van der Waals surface area contributed by atoms with Crippen LogP contribution in [0.15, 0.2) is 22.7 Å². The van der Waals surface area contributed by atoms with Crippen LogP contribution in [-0.4, -0.2) is 45.6 Å². The number of nitrogens with one attached hydrogen (secondary N) is 2. The predicted molar refractivity (Wildman–Crippen MR) is 90.6 cm³/mol. The van der Waals surface area contributed by atoms with E-state index < -0.39 is 35.9 Å². The van der Waals surface area contributed by atoms with Crippen molar-refractivity contribution in [3.05, 3.63) is 45.6 Å². The van der Waals surface area contributed by atoms with Gasteiger partial charge in [-0.2, -0.15) is 5.10 Å². The minimum Gasteiger partial charge on any atom is -0.394 e. The predicted octanol–water partition coefficient (Wildman–Crippen LogP) is 1.58. The number of amides is 1. The Morgan fingerprint density at radius 1 is 1.35 bits per heavy atom. The molecule has 1 aromatic heterocycles. The highest BCUT2D eigenvalue weighted by molar-refractivity contribution is 9.10. The molecule has 1 amide bonds. The maximum Gasteiger partial charge on any atom is 0.277 e. The Labute approximate surface area is 155 Å². The molecule has 0 bridgehead atoms. The maximum absolute atomic E-state index is 14.3. The molecule has 4 N–H and O–H groups in total. The normalized spacial score (nSPS) is 11.9. The van der Waals surface area contributed by atoms with Crippen molar-refractivity contribution in [2.45, 2.75) is 13.0 Å². The zero-order valence-electron chi connectivity index (χ0n) is 13.5. The lowest BCUT2D eigenvalue weighted by Gasteiger charge is -2.14. The van der Waals surface area contributed by atoms with Crippen molar-refractivity contribution in [3.63, 3.8) is 0 Å². The second-order valence-corrected chi connectivity index (χ2v) is 6.03. The summed E-state index contributed by atoms with van der Waals surface area (Å²) in [5.41, 5.74) is 1.85. The molecule has 0 fully saturated rings. The van der Waals surface area contributed by atoms with Crippen molar-refractivity contribution in [2.24, 2.45) is 0 Å². The molecule has 0 aliphatic carbocycles. The summed E-state index contributed by atoms with van der Waals surface area (Å²) in [7, 11) is 0. The van der Waals surface area contributed by atoms with E-state index in [2.05, 4.69) is 31.4 Å². The van der Waals surface area contributed by atoms with Gasteiger partial charge in [0.05, 0.1) is 28.0 Å². The fourth-order valence-electron chi connectivity index (χ4n) is 1.80. The van der Waals surface area contributed by atoms with Gasteiger partial charge in [-0.3, -0.25) is 9.63 Å². The highest BCUT2D eigenvalue weighted by atomic mass is 79.9. The summed E-state index contributed by atoms with van der Waals surface area (Å²) in [5.74, 6) is -3.30. The third kappa shape index (κ3) is 4.91. The lowest BCUT2D eigenvalue weighted by atomic mass is 10.1. The van der Waals surface area contributed by atoms with Crippen molar-refractivity contribution in [2.75, 3.05) is 18.5 Å². The van der Waals surface area contributed by atoms with Crippen molar-refractivity contribution in [1.82, 2.24) is 15.7 Å². The minimum absolute atomic E-state index is 0.0990. The van der Waals surface area contributed by atoms with Gasteiger partial charge in [0.15, 0.2) is 17.5 Å². The number of aliphatic hydroxyl groups is 2. The molecule has 2 rings (SSSR count). The SMILES string of the molecule is Cc1ccc(Nc2c(C(=O)NOCC(O)CO)cc(Br)c(F)c2F)nn1. The Morgan fingerprint density at radius 3 is 2.69 bits per heavy atom. The van der Waals surface area contributed by atoms with Crippen LogP contribution in [0.1, 0.15) is 16.1 Å². The monoisotopic (exact) mass is 432 g/mol. The van der Waals surface area contributed by atoms with E-state index in [1.54, 1.807) is 13.0 Å². The zero-order valence-corrected chi connectivity index (χ0v) is 15.0. The molecule has 0 aliphatic heterocycles.